The molecule has 0 atom stereocenters. The average Bonchev–Trinajstić information content (AvgIpc) is 2.15. The van der Waals surface area contributed by atoms with Crippen LogP contribution < -0.4 is 5.56 Å². The van der Waals surface area contributed by atoms with Crippen LogP contribution in [0.25, 0.3) is 0 Å². The van der Waals surface area contributed by atoms with E-state index in [0.717, 1.165) is 5.56 Å². The summed E-state index contributed by atoms with van der Waals surface area (Å²) in [6.07, 6.45) is 1.78. The van der Waals surface area contributed by atoms with E-state index in [1.807, 2.05) is 13.0 Å². The molecule has 1 heterocycles. The maximum absolute atomic E-state index is 11.4. The topological polar surface area (TPSA) is 31.2 Å². The van der Waals surface area contributed by atoms with Gasteiger partial charge in [0.2, 0.25) is 0 Å². The number of halogens is 1. The van der Waals surface area contributed by atoms with Crippen molar-refractivity contribution in [2.45, 2.75) is 13.5 Å². The van der Waals surface area contributed by atoms with Crippen LogP contribution in [-0.4, -0.2) is 23.7 Å². The summed E-state index contributed by atoms with van der Waals surface area (Å²) in [6, 6.07) is 3.52. The summed E-state index contributed by atoms with van der Waals surface area (Å²) in [6.45, 7) is 3.53. The van der Waals surface area contributed by atoms with Gasteiger partial charge in [-0.25, -0.2) is 0 Å². The number of hydrogen-bond acceptors (Lipinski definition) is 2. The Morgan fingerprint density at radius 3 is 2.93 bits per heavy atom. The Hall–Kier alpha value is -0.800. The molecule has 0 saturated carbocycles. The Kier molecular flexibility index (Phi) is 4.70. The molecular formula is C10H14ClNO2. The van der Waals surface area contributed by atoms with E-state index in [4.69, 9.17) is 16.3 Å². The summed E-state index contributed by atoms with van der Waals surface area (Å²) in [5.74, 6) is 0.489. The molecule has 0 aliphatic carbocycles. The average molecular weight is 216 g/mol. The molecule has 0 aliphatic rings. The zero-order chi connectivity index (χ0) is 10.4. The van der Waals surface area contributed by atoms with E-state index in [0.29, 0.717) is 25.6 Å². The second kappa shape index (κ2) is 5.83. The van der Waals surface area contributed by atoms with Gasteiger partial charge in [-0.05, 0) is 18.6 Å². The van der Waals surface area contributed by atoms with Gasteiger partial charge in [-0.1, -0.05) is 0 Å². The van der Waals surface area contributed by atoms with Crippen molar-refractivity contribution in [2.24, 2.45) is 0 Å². The summed E-state index contributed by atoms with van der Waals surface area (Å²) in [7, 11) is 0. The molecular weight excluding hydrogens is 202 g/mol. The van der Waals surface area contributed by atoms with Crippen molar-refractivity contribution in [3.05, 3.63) is 34.2 Å². The maximum Gasteiger partial charge on any atom is 0.250 e. The summed E-state index contributed by atoms with van der Waals surface area (Å²) < 4.78 is 6.81. The van der Waals surface area contributed by atoms with Crippen LogP contribution in [0.15, 0.2) is 23.1 Å². The van der Waals surface area contributed by atoms with Crippen molar-refractivity contribution in [2.75, 3.05) is 19.1 Å². The second-order valence-electron chi connectivity index (χ2n) is 3.04. The molecule has 0 bridgehead atoms. The molecule has 3 nitrogen and oxygen atoms in total. The Balaban J connectivity index is 2.47. The number of aromatic nitrogens is 1. The number of nitrogens with zero attached hydrogens (tertiary/aromatic N) is 1. The molecule has 4 heteroatoms. The Morgan fingerprint density at radius 1 is 1.50 bits per heavy atom. The van der Waals surface area contributed by atoms with E-state index in [2.05, 4.69) is 0 Å². The zero-order valence-corrected chi connectivity index (χ0v) is 8.96. The quantitative estimate of drug-likeness (QED) is 0.550. The minimum absolute atomic E-state index is 0.0134. The third-order valence-corrected chi connectivity index (χ3v) is 2.00. The van der Waals surface area contributed by atoms with Gasteiger partial charge in [-0.3, -0.25) is 4.79 Å². The molecule has 0 saturated heterocycles. The Labute approximate surface area is 88.3 Å². The number of pyridine rings is 1. The lowest BCUT2D eigenvalue weighted by molar-refractivity contribution is 0.140. The van der Waals surface area contributed by atoms with Crippen molar-refractivity contribution in [1.82, 2.24) is 4.57 Å². The molecule has 0 aliphatic heterocycles. The predicted molar refractivity (Wildman–Crippen MR) is 57.0 cm³/mol. The monoisotopic (exact) mass is 215 g/mol. The van der Waals surface area contributed by atoms with Gasteiger partial charge in [0.25, 0.3) is 5.56 Å². The van der Waals surface area contributed by atoms with Crippen LogP contribution in [-0.2, 0) is 11.3 Å². The minimum atomic E-state index is 0.0134. The van der Waals surface area contributed by atoms with Crippen LogP contribution in [0.3, 0.4) is 0 Å². The summed E-state index contributed by atoms with van der Waals surface area (Å²) in [4.78, 5) is 11.4. The minimum Gasteiger partial charge on any atom is -0.378 e. The van der Waals surface area contributed by atoms with Gasteiger partial charge in [0.1, 0.15) is 0 Å². The molecule has 0 unspecified atom stereocenters. The highest BCUT2D eigenvalue weighted by Crippen LogP contribution is 1.91. The second-order valence-corrected chi connectivity index (χ2v) is 3.42. The molecule has 0 spiro atoms. The van der Waals surface area contributed by atoms with Crippen LogP contribution in [0.2, 0.25) is 0 Å². The molecule has 0 amide bonds. The Morgan fingerprint density at radius 2 is 2.29 bits per heavy atom. The first kappa shape index (κ1) is 11.3. The molecule has 1 aromatic heterocycles. The number of alkyl halides is 1. The number of hydrogen-bond donors (Lipinski definition) is 0. The van der Waals surface area contributed by atoms with Gasteiger partial charge in [0.15, 0.2) is 0 Å². The van der Waals surface area contributed by atoms with Crippen molar-refractivity contribution < 1.29 is 4.74 Å². The van der Waals surface area contributed by atoms with Gasteiger partial charge in [-0.15, -0.1) is 11.6 Å². The van der Waals surface area contributed by atoms with E-state index in [9.17, 15) is 4.79 Å². The third kappa shape index (κ3) is 3.52. The first-order chi connectivity index (χ1) is 6.74. The third-order valence-electron chi connectivity index (χ3n) is 1.85. The van der Waals surface area contributed by atoms with Crippen molar-refractivity contribution in [1.29, 1.82) is 0 Å². The van der Waals surface area contributed by atoms with E-state index in [1.165, 1.54) is 0 Å². The molecule has 0 radical (unpaired) electrons. The van der Waals surface area contributed by atoms with Crippen LogP contribution >= 0.6 is 11.6 Å². The van der Waals surface area contributed by atoms with Crippen molar-refractivity contribution >= 4 is 11.6 Å². The molecule has 1 rings (SSSR count). The zero-order valence-electron chi connectivity index (χ0n) is 8.20. The van der Waals surface area contributed by atoms with Crippen LogP contribution in [0.4, 0.5) is 0 Å². The Bertz CT molecular complexity index is 335. The molecule has 78 valence electrons. The van der Waals surface area contributed by atoms with Gasteiger partial charge in [-0.2, -0.15) is 0 Å². The van der Waals surface area contributed by atoms with Gasteiger partial charge >= 0.3 is 0 Å². The fraction of sp³-hybridized carbons (Fsp3) is 0.500. The van der Waals surface area contributed by atoms with Crippen molar-refractivity contribution in [3.63, 3.8) is 0 Å². The highest BCUT2D eigenvalue weighted by molar-refractivity contribution is 6.17. The first-order valence-electron chi connectivity index (χ1n) is 4.55. The van der Waals surface area contributed by atoms with E-state index >= 15 is 0 Å². The lowest BCUT2D eigenvalue weighted by Crippen LogP contribution is -2.21. The van der Waals surface area contributed by atoms with Crippen LogP contribution in [0.1, 0.15) is 5.56 Å². The molecule has 14 heavy (non-hydrogen) atoms. The number of aryl methyl sites for hydroxylation is 1. The van der Waals surface area contributed by atoms with Gasteiger partial charge in [0, 0.05) is 24.7 Å². The fourth-order valence-electron chi connectivity index (χ4n) is 1.11. The molecule has 1 aromatic rings. The number of ether oxygens (including phenoxy) is 1. The number of rotatable bonds is 5. The maximum atomic E-state index is 11.4. The van der Waals surface area contributed by atoms with E-state index in [-0.39, 0.29) is 5.56 Å². The van der Waals surface area contributed by atoms with Gasteiger partial charge < -0.3 is 9.30 Å². The van der Waals surface area contributed by atoms with Crippen LogP contribution in [0.5, 0.6) is 0 Å². The normalized spacial score (nSPS) is 10.4. The lowest BCUT2D eigenvalue weighted by atomic mass is 10.3. The smallest absolute Gasteiger partial charge is 0.250 e. The fourth-order valence-corrected chi connectivity index (χ4v) is 1.22. The predicted octanol–water partition coefficient (Wildman–Crippen LogP) is 1.41. The standard InChI is InChI=1S/C10H14ClNO2/c1-9-2-4-12(10(13)8-9)5-7-14-6-3-11/h2,4,8H,3,5-7H2,1H3. The molecule has 0 fully saturated rings. The highest BCUT2D eigenvalue weighted by Gasteiger charge is 1.95. The van der Waals surface area contributed by atoms with Crippen molar-refractivity contribution in [3.8, 4) is 0 Å². The molecule has 0 aromatic carbocycles. The van der Waals surface area contributed by atoms with E-state index in [1.54, 1.807) is 16.8 Å². The highest BCUT2D eigenvalue weighted by atomic mass is 35.5. The SMILES string of the molecule is Cc1ccn(CCOCCCl)c(=O)c1. The van der Waals surface area contributed by atoms with Gasteiger partial charge in [0.05, 0.1) is 13.2 Å². The largest absolute Gasteiger partial charge is 0.378 e. The summed E-state index contributed by atoms with van der Waals surface area (Å²) in [5.41, 5.74) is 0.993. The van der Waals surface area contributed by atoms with E-state index < -0.39 is 0 Å². The lowest BCUT2D eigenvalue weighted by Gasteiger charge is -2.05. The molecule has 0 N–H and O–H groups in total. The summed E-state index contributed by atoms with van der Waals surface area (Å²) in [5, 5.41) is 0. The van der Waals surface area contributed by atoms with Crippen LogP contribution in [0, 0.1) is 6.92 Å². The first-order valence-corrected chi connectivity index (χ1v) is 5.08. The summed E-state index contributed by atoms with van der Waals surface area (Å²) >= 11 is 5.44.